The van der Waals surface area contributed by atoms with E-state index in [0.717, 1.165) is 0 Å². The van der Waals surface area contributed by atoms with Crippen molar-refractivity contribution in [3.05, 3.63) is 0 Å². The Balaban J connectivity index is 0.000000583. The van der Waals surface area contributed by atoms with Crippen LogP contribution < -0.4 is 0 Å². The average molecular weight is 337 g/mol. The summed E-state index contributed by atoms with van der Waals surface area (Å²) in [6.45, 7) is 1.93. The lowest BCUT2D eigenvalue weighted by Gasteiger charge is -2.37. The van der Waals surface area contributed by atoms with E-state index in [1.54, 1.807) is 6.92 Å². The summed E-state index contributed by atoms with van der Waals surface area (Å²) in [7, 11) is 0. The van der Waals surface area contributed by atoms with E-state index >= 15 is 0 Å². The summed E-state index contributed by atoms with van der Waals surface area (Å²) in [6, 6.07) is 0. The van der Waals surface area contributed by atoms with Gasteiger partial charge >= 0.3 is 0 Å². The lowest BCUT2D eigenvalue weighted by molar-refractivity contribution is 0.318. The molecule has 0 aliphatic heterocycles. The van der Waals surface area contributed by atoms with Crippen molar-refractivity contribution in [1.29, 1.82) is 0 Å². The van der Waals surface area contributed by atoms with Gasteiger partial charge in [-0.3, -0.25) is 0 Å². The highest BCUT2D eigenvalue weighted by Crippen LogP contribution is 2.39. The first-order chi connectivity index (χ1) is 6.88. The summed E-state index contributed by atoms with van der Waals surface area (Å²) >= 11 is 35.3. The monoisotopic (exact) mass is 334 g/mol. The molecule has 0 unspecified atom stereocenters. The van der Waals surface area contributed by atoms with E-state index in [0.29, 0.717) is 0 Å². The largest absolute Gasteiger partial charge is 0.397 e. The van der Waals surface area contributed by atoms with Crippen LogP contribution in [0.15, 0.2) is 0 Å². The lowest BCUT2D eigenvalue weighted by atomic mass is 9.97. The average Bonchev–Trinajstić information content (AvgIpc) is 2.22. The topological polar surface area (TPSA) is 20.2 Å². The molecule has 1 fully saturated rings. The quantitative estimate of drug-likeness (QED) is 0.670. The third kappa shape index (κ3) is 4.46. The summed E-state index contributed by atoms with van der Waals surface area (Å²) < 4.78 is 0. The van der Waals surface area contributed by atoms with Gasteiger partial charge in [0, 0.05) is 6.61 Å². The van der Waals surface area contributed by atoms with Gasteiger partial charge in [-0.05, 0) is 6.92 Å². The van der Waals surface area contributed by atoms with Gasteiger partial charge in [0.05, 0.1) is 32.3 Å². The molecule has 0 saturated heterocycles. The zero-order valence-electron chi connectivity index (χ0n) is 7.89. The normalized spacial score (nSPS) is 45.6. The molecule has 1 aliphatic carbocycles. The highest BCUT2D eigenvalue weighted by molar-refractivity contribution is 6.45. The smallest absolute Gasteiger partial charge is 0.0693 e. The Kier molecular flexibility index (Phi) is 8.81. The van der Waals surface area contributed by atoms with Gasteiger partial charge in [0.15, 0.2) is 0 Å². The van der Waals surface area contributed by atoms with Crippen molar-refractivity contribution in [3.8, 4) is 0 Å². The highest BCUT2D eigenvalue weighted by atomic mass is 35.5. The van der Waals surface area contributed by atoms with E-state index in [1.165, 1.54) is 0 Å². The van der Waals surface area contributed by atoms with Gasteiger partial charge in [-0.2, -0.15) is 0 Å². The standard InChI is InChI=1S/C6H6Cl6.C2H6O/c7-1-2(8)4(10)6(12)5(11)3(1)9;1-2-3/h1-6H;3H,2H2,1H3. The van der Waals surface area contributed by atoms with E-state index in [4.69, 9.17) is 74.7 Å². The first kappa shape index (κ1) is 16.7. The SMILES string of the molecule is CCO.ClC1C(Cl)C(Cl)C(Cl)C(Cl)C1Cl. The number of hydrogen-bond acceptors (Lipinski definition) is 1. The van der Waals surface area contributed by atoms with Crippen molar-refractivity contribution in [2.45, 2.75) is 39.2 Å². The molecule has 0 spiro atoms. The minimum Gasteiger partial charge on any atom is -0.397 e. The van der Waals surface area contributed by atoms with Gasteiger partial charge in [-0.15, -0.1) is 69.6 Å². The minimum atomic E-state index is -0.437. The molecule has 0 aromatic rings. The zero-order chi connectivity index (χ0) is 12.2. The van der Waals surface area contributed by atoms with Crippen LogP contribution in [-0.4, -0.2) is 44.0 Å². The molecule has 1 nitrogen and oxygen atoms in total. The van der Waals surface area contributed by atoms with Crippen LogP contribution in [0.4, 0.5) is 0 Å². The maximum absolute atomic E-state index is 7.57. The predicted octanol–water partition coefficient (Wildman–Crippen LogP) is 3.64. The fourth-order valence-corrected chi connectivity index (χ4v) is 3.38. The van der Waals surface area contributed by atoms with Crippen LogP contribution in [0.25, 0.3) is 0 Å². The second-order valence-corrected chi connectivity index (χ2v) is 6.01. The van der Waals surface area contributed by atoms with Gasteiger partial charge in [0.25, 0.3) is 0 Å². The Hall–Kier alpha value is 1.70. The van der Waals surface area contributed by atoms with E-state index < -0.39 is 32.3 Å². The number of rotatable bonds is 0. The molecule has 15 heavy (non-hydrogen) atoms. The summed E-state index contributed by atoms with van der Waals surface area (Å²) in [6.07, 6.45) is 0. The van der Waals surface area contributed by atoms with Gasteiger partial charge in [0.1, 0.15) is 0 Å². The van der Waals surface area contributed by atoms with Gasteiger partial charge in [-0.25, -0.2) is 0 Å². The van der Waals surface area contributed by atoms with Crippen molar-refractivity contribution in [2.24, 2.45) is 0 Å². The molecule has 0 aromatic carbocycles. The van der Waals surface area contributed by atoms with E-state index in [1.807, 2.05) is 0 Å². The molecule has 0 heterocycles. The summed E-state index contributed by atoms with van der Waals surface area (Å²) in [5.41, 5.74) is 0. The maximum Gasteiger partial charge on any atom is 0.0693 e. The van der Waals surface area contributed by atoms with Crippen molar-refractivity contribution < 1.29 is 5.11 Å². The second kappa shape index (κ2) is 7.92. The molecule has 1 rings (SSSR count). The highest BCUT2D eigenvalue weighted by Gasteiger charge is 2.46. The van der Waals surface area contributed by atoms with Crippen molar-refractivity contribution in [2.75, 3.05) is 6.61 Å². The van der Waals surface area contributed by atoms with Crippen molar-refractivity contribution in [3.63, 3.8) is 0 Å². The predicted molar refractivity (Wildman–Crippen MR) is 70.6 cm³/mol. The molecule has 0 radical (unpaired) electrons. The Bertz CT molecular complexity index is 122. The summed E-state index contributed by atoms with van der Waals surface area (Å²) in [4.78, 5) is 0. The fourth-order valence-electron chi connectivity index (χ4n) is 1.05. The molecule has 1 N–H and O–H groups in total. The Labute approximate surface area is 120 Å². The van der Waals surface area contributed by atoms with Crippen molar-refractivity contribution >= 4 is 69.6 Å². The van der Waals surface area contributed by atoms with Crippen LogP contribution in [0.1, 0.15) is 6.92 Å². The Morgan fingerprint density at radius 2 is 0.733 bits per heavy atom. The van der Waals surface area contributed by atoms with Crippen LogP contribution in [0.5, 0.6) is 0 Å². The van der Waals surface area contributed by atoms with Crippen LogP contribution >= 0.6 is 69.6 Å². The summed E-state index contributed by atoms with van der Waals surface area (Å²) in [5.74, 6) is 0. The van der Waals surface area contributed by atoms with E-state index in [-0.39, 0.29) is 6.61 Å². The first-order valence-corrected chi connectivity index (χ1v) is 6.95. The minimum absolute atomic E-state index is 0.250. The third-order valence-corrected chi connectivity index (χ3v) is 5.86. The van der Waals surface area contributed by atoms with Crippen LogP contribution in [0.2, 0.25) is 0 Å². The molecule has 0 bridgehead atoms. The van der Waals surface area contributed by atoms with E-state index in [2.05, 4.69) is 0 Å². The van der Waals surface area contributed by atoms with Gasteiger partial charge in [0.2, 0.25) is 0 Å². The van der Waals surface area contributed by atoms with Gasteiger partial charge < -0.3 is 5.11 Å². The number of aliphatic hydroxyl groups is 1. The molecule has 0 aromatic heterocycles. The lowest BCUT2D eigenvalue weighted by Crippen LogP contribution is -2.52. The molecule has 92 valence electrons. The molecular weight excluding hydrogens is 325 g/mol. The zero-order valence-corrected chi connectivity index (χ0v) is 12.4. The number of halogens is 6. The number of hydrogen-bond donors (Lipinski definition) is 1. The van der Waals surface area contributed by atoms with Crippen LogP contribution in [0.3, 0.4) is 0 Å². The van der Waals surface area contributed by atoms with E-state index in [9.17, 15) is 0 Å². The first-order valence-electron chi connectivity index (χ1n) is 4.33. The Morgan fingerprint density at radius 3 is 0.800 bits per heavy atom. The molecular formula is C8H12Cl6O. The Morgan fingerprint density at radius 1 is 0.667 bits per heavy atom. The fraction of sp³-hybridized carbons (Fsp3) is 1.00. The maximum atomic E-state index is 7.57. The van der Waals surface area contributed by atoms with Crippen molar-refractivity contribution in [1.82, 2.24) is 0 Å². The number of alkyl halides is 6. The second-order valence-electron chi connectivity index (χ2n) is 2.98. The molecule has 1 saturated carbocycles. The van der Waals surface area contributed by atoms with Gasteiger partial charge in [-0.1, -0.05) is 0 Å². The molecule has 0 amide bonds. The number of aliphatic hydroxyl groups excluding tert-OH is 1. The van der Waals surface area contributed by atoms with Crippen LogP contribution in [0, 0.1) is 0 Å². The third-order valence-electron chi connectivity index (χ3n) is 1.83. The van der Waals surface area contributed by atoms with Crippen LogP contribution in [-0.2, 0) is 0 Å². The summed E-state index contributed by atoms with van der Waals surface area (Å²) in [5, 5.41) is 4.95. The molecule has 1 aliphatic rings. The molecule has 7 heteroatoms. The molecule has 0 atom stereocenters.